The highest BCUT2D eigenvalue weighted by Crippen LogP contribution is 2.36. The lowest BCUT2D eigenvalue weighted by Crippen LogP contribution is -1.98. The Labute approximate surface area is 155 Å². The van der Waals surface area contributed by atoms with E-state index >= 15 is 0 Å². The van der Waals surface area contributed by atoms with Crippen molar-refractivity contribution in [1.29, 1.82) is 0 Å². The summed E-state index contributed by atoms with van der Waals surface area (Å²) in [6, 6.07) is 17.2. The molecule has 2 N–H and O–H groups in total. The highest BCUT2D eigenvalue weighted by atomic mass is 32.2. The van der Waals surface area contributed by atoms with E-state index in [-0.39, 0.29) is 5.75 Å². The monoisotopic (exact) mass is 360 g/mol. The average molecular weight is 360 g/mol. The number of benzene rings is 2. The summed E-state index contributed by atoms with van der Waals surface area (Å²) in [6.45, 7) is 2.06. The lowest BCUT2D eigenvalue weighted by molar-refractivity contribution is 0.475. The van der Waals surface area contributed by atoms with Crippen LogP contribution in [0.5, 0.6) is 5.75 Å². The van der Waals surface area contributed by atoms with Crippen LogP contribution in [0, 0.1) is 6.92 Å². The zero-order valence-corrected chi connectivity index (χ0v) is 14.9. The van der Waals surface area contributed by atoms with E-state index in [4.69, 9.17) is 0 Å². The van der Waals surface area contributed by atoms with Gasteiger partial charge in [0.05, 0.1) is 11.1 Å². The molecule has 0 spiro atoms. The lowest BCUT2D eigenvalue weighted by Gasteiger charge is -2.13. The molecule has 0 aliphatic carbocycles. The summed E-state index contributed by atoms with van der Waals surface area (Å²) < 4.78 is 0. The second-order valence-electron chi connectivity index (χ2n) is 5.82. The van der Waals surface area contributed by atoms with Gasteiger partial charge in [-0.1, -0.05) is 17.8 Å². The molecule has 4 rings (SSSR count). The molecular weight excluding hydrogens is 344 g/mol. The van der Waals surface area contributed by atoms with E-state index in [0.717, 1.165) is 32.2 Å². The largest absolute Gasteiger partial charge is 0.508 e. The molecule has 0 unspecified atom stereocenters. The first kappa shape index (κ1) is 16.4. The van der Waals surface area contributed by atoms with Gasteiger partial charge in [0.2, 0.25) is 0 Å². The van der Waals surface area contributed by atoms with Gasteiger partial charge in [-0.05, 0) is 61.0 Å². The second-order valence-corrected chi connectivity index (χ2v) is 6.93. The van der Waals surface area contributed by atoms with E-state index < -0.39 is 0 Å². The number of hydrogen-bond donors (Lipinski definition) is 2. The molecule has 6 heteroatoms. The number of anilines is 2. The number of pyridine rings is 1. The number of hydrogen-bond acceptors (Lipinski definition) is 6. The van der Waals surface area contributed by atoms with Gasteiger partial charge in [-0.3, -0.25) is 0 Å². The topological polar surface area (TPSA) is 70.9 Å². The van der Waals surface area contributed by atoms with Gasteiger partial charge >= 0.3 is 0 Å². The summed E-state index contributed by atoms with van der Waals surface area (Å²) in [5.74, 6) is 0.984. The van der Waals surface area contributed by atoms with E-state index in [1.54, 1.807) is 30.1 Å². The molecule has 0 radical (unpaired) electrons. The molecule has 0 aliphatic rings. The maximum absolute atomic E-state index is 9.47. The van der Waals surface area contributed by atoms with Gasteiger partial charge in [0.1, 0.15) is 17.9 Å². The molecule has 0 saturated carbocycles. The van der Waals surface area contributed by atoms with E-state index in [9.17, 15) is 5.11 Å². The van der Waals surface area contributed by atoms with Crippen LogP contribution in [0.15, 0.2) is 76.9 Å². The first-order valence-corrected chi connectivity index (χ1v) is 8.91. The molecule has 26 heavy (non-hydrogen) atoms. The Balaban J connectivity index is 1.71. The molecule has 0 saturated heterocycles. The first-order valence-electron chi connectivity index (χ1n) is 8.09. The molecule has 2 heterocycles. The Bertz CT molecular complexity index is 1060. The summed E-state index contributed by atoms with van der Waals surface area (Å²) in [4.78, 5) is 15.0. The Morgan fingerprint density at radius 2 is 1.81 bits per heavy atom. The van der Waals surface area contributed by atoms with Gasteiger partial charge in [-0.2, -0.15) is 0 Å². The number of aromatic nitrogens is 3. The number of fused-ring (bicyclic) bond motifs is 1. The van der Waals surface area contributed by atoms with Gasteiger partial charge in [0.15, 0.2) is 5.65 Å². The molecule has 4 aromatic rings. The van der Waals surface area contributed by atoms with Gasteiger partial charge in [-0.25, -0.2) is 15.0 Å². The van der Waals surface area contributed by atoms with E-state index in [0.29, 0.717) is 5.65 Å². The number of aryl methyl sites for hydroxylation is 1. The lowest BCUT2D eigenvalue weighted by atomic mass is 10.2. The van der Waals surface area contributed by atoms with Crippen molar-refractivity contribution in [3.8, 4) is 5.75 Å². The van der Waals surface area contributed by atoms with Gasteiger partial charge in [-0.15, -0.1) is 0 Å². The third kappa shape index (κ3) is 3.45. The molecule has 5 nitrogen and oxygen atoms in total. The van der Waals surface area contributed by atoms with E-state index in [1.807, 2.05) is 24.3 Å². The summed E-state index contributed by atoms with van der Waals surface area (Å²) in [5.41, 5.74) is 2.77. The minimum absolute atomic E-state index is 0.261. The minimum atomic E-state index is 0.261. The third-order valence-corrected chi connectivity index (χ3v) is 4.95. The standard InChI is InChI=1S/C20H16N4OS/c1-13-4-9-18(26-15-7-5-14(25)6-8-15)17(11-13)24-20-16-3-2-10-21-19(16)22-12-23-20/h2-12,25H,1H3,(H,21,22,23,24). The first-order chi connectivity index (χ1) is 12.7. The third-order valence-electron chi connectivity index (χ3n) is 3.86. The van der Waals surface area contributed by atoms with Gasteiger partial charge in [0, 0.05) is 16.0 Å². The van der Waals surface area contributed by atoms with Crippen molar-refractivity contribution in [2.24, 2.45) is 0 Å². The molecule has 2 aromatic heterocycles. The SMILES string of the molecule is Cc1ccc(Sc2ccc(O)cc2)c(Nc2ncnc3ncccc23)c1. The van der Waals surface area contributed by atoms with Crippen LogP contribution in [0.1, 0.15) is 5.56 Å². The highest BCUT2D eigenvalue weighted by molar-refractivity contribution is 7.99. The molecule has 0 bridgehead atoms. The summed E-state index contributed by atoms with van der Waals surface area (Å²) in [5, 5.41) is 13.8. The van der Waals surface area contributed by atoms with Crippen molar-refractivity contribution < 1.29 is 5.11 Å². The molecule has 2 aromatic carbocycles. The molecule has 0 fully saturated rings. The molecular formula is C20H16N4OS. The summed E-state index contributed by atoms with van der Waals surface area (Å²) in [7, 11) is 0. The summed E-state index contributed by atoms with van der Waals surface area (Å²) in [6.07, 6.45) is 3.23. The number of rotatable bonds is 4. The van der Waals surface area contributed by atoms with Crippen molar-refractivity contribution in [1.82, 2.24) is 15.0 Å². The van der Waals surface area contributed by atoms with Gasteiger partial charge in [0.25, 0.3) is 0 Å². The molecule has 0 amide bonds. The van der Waals surface area contributed by atoms with Crippen LogP contribution in [0.3, 0.4) is 0 Å². The van der Waals surface area contributed by atoms with Crippen LogP contribution in [0.25, 0.3) is 11.0 Å². The highest BCUT2D eigenvalue weighted by Gasteiger charge is 2.09. The van der Waals surface area contributed by atoms with Crippen LogP contribution in [-0.4, -0.2) is 20.1 Å². The number of aromatic hydroxyl groups is 1. The number of phenolic OH excluding ortho intramolecular Hbond substituents is 1. The molecule has 128 valence electrons. The fourth-order valence-corrected chi connectivity index (χ4v) is 3.48. The Morgan fingerprint density at radius 1 is 0.962 bits per heavy atom. The van der Waals surface area contributed by atoms with Crippen LogP contribution in [0.2, 0.25) is 0 Å². The van der Waals surface area contributed by atoms with E-state index in [2.05, 4.69) is 45.4 Å². The number of nitrogens with one attached hydrogen (secondary N) is 1. The predicted molar refractivity (Wildman–Crippen MR) is 104 cm³/mol. The quantitative estimate of drug-likeness (QED) is 0.537. The molecule has 0 atom stereocenters. The zero-order valence-electron chi connectivity index (χ0n) is 14.0. The van der Waals surface area contributed by atoms with Crippen molar-refractivity contribution >= 4 is 34.3 Å². The van der Waals surface area contributed by atoms with Gasteiger partial charge < -0.3 is 10.4 Å². The average Bonchev–Trinajstić information content (AvgIpc) is 2.66. The van der Waals surface area contributed by atoms with Crippen LogP contribution in [0.4, 0.5) is 11.5 Å². The Kier molecular flexibility index (Phi) is 4.41. The minimum Gasteiger partial charge on any atom is -0.508 e. The Morgan fingerprint density at radius 3 is 2.65 bits per heavy atom. The number of nitrogens with zero attached hydrogens (tertiary/aromatic N) is 3. The summed E-state index contributed by atoms with van der Waals surface area (Å²) >= 11 is 1.62. The predicted octanol–water partition coefficient (Wildman–Crippen LogP) is 4.93. The smallest absolute Gasteiger partial charge is 0.164 e. The number of phenols is 1. The molecule has 0 aliphatic heterocycles. The fraction of sp³-hybridized carbons (Fsp3) is 0.0500. The normalized spacial score (nSPS) is 10.8. The zero-order chi connectivity index (χ0) is 17.9. The Hall–Kier alpha value is -3.12. The van der Waals surface area contributed by atoms with Crippen LogP contribution >= 0.6 is 11.8 Å². The fourth-order valence-electron chi connectivity index (χ4n) is 2.59. The van der Waals surface area contributed by atoms with E-state index in [1.165, 1.54) is 6.33 Å². The van der Waals surface area contributed by atoms with Crippen molar-refractivity contribution in [2.45, 2.75) is 16.7 Å². The van der Waals surface area contributed by atoms with Crippen molar-refractivity contribution in [3.05, 3.63) is 72.7 Å². The second kappa shape index (κ2) is 7.01. The van der Waals surface area contributed by atoms with Crippen molar-refractivity contribution in [3.63, 3.8) is 0 Å². The van der Waals surface area contributed by atoms with Crippen LogP contribution < -0.4 is 5.32 Å². The maximum Gasteiger partial charge on any atom is 0.164 e. The van der Waals surface area contributed by atoms with Crippen molar-refractivity contribution in [2.75, 3.05) is 5.32 Å². The van der Waals surface area contributed by atoms with Crippen LogP contribution in [-0.2, 0) is 0 Å². The maximum atomic E-state index is 9.47.